The molecule has 2 fully saturated rings. The lowest BCUT2D eigenvalue weighted by molar-refractivity contribution is -0.131. The van der Waals surface area contributed by atoms with Gasteiger partial charge in [0, 0.05) is 36.9 Å². The van der Waals surface area contributed by atoms with Gasteiger partial charge in [0.2, 0.25) is 0 Å². The number of benzene rings is 1. The van der Waals surface area contributed by atoms with Crippen LogP contribution in [0.5, 0.6) is 0 Å². The first-order chi connectivity index (χ1) is 18.3. The number of likely N-dealkylation sites (tertiary alicyclic amines) is 1. The number of hydrogen-bond acceptors (Lipinski definition) is 8. The third-order valence-electron chi connectivity index (χ3n) is 7.37. The Balaban J connectivity index is 1.42. The second kappa shape index (κ2) is 12.5. The first-order valence-electron chi connectivity index (χ1n) is 13.1. The number of hydrogen-bond donors (Lipinski definition) is 3. The number of ether oxygens (including phenoxy) is 2. The molecule has 0 bridgehead atoms. The minimum absolute atomic E-state index is 0.0469. The van der Waals surface area contributed by atoms with Crippen molar-refractivity contribution in [2.24, 2.45) is 5.41 Å². The second-order valence-corrected chi connectivity index (χ2v) is 10.3. The van der Waals surface area contributed by atoms with Gasteiger partial charge in [0.15, 0.2) is 0 Å². The summed E-state index contributed by atoms with van der Waals surface area (Å²) in [5, 5.41) is 33.2. The molecule has 1 aromatic carbocycles. The van der Waals surface area contributed by atoms with E-state index in [4.69, 9.17) is 13.9 Å². The normalized spacial score (nSPS) is 20.4. The van der Waals surface area contributed by atoms with E-state index in [-0.39, 0.29) is 35.9 Å². The number of allylic oxidation sites excluding steroid dienone is 1. The summed E-state index contributed by atoms with van der Waals surface area (Å²) in [4.78, 5) is 27.8. The van der Waals surface area contributed by atoms with Crippen molar-refractivity contribution in [3.8, 4) is 6.07 Å². The van der Waals surface area contributed by atoms with Crippen molar-refractivity contribution in [3.63, 3.8) is 0 Å². The zero-order chi connectivity index (χ0) is 27.1. The number of amides is 2. The molecule has 3 N–H and O–H groups in total. The van der Waals surface area contributed by atoms with E-state index >= 15 is 0 Å². The van der Waals surface area contributed by atoms with Crippen LogP contribution >= 0.6 is 0 Å². The molecule has 1 unspecified atom stereocenters. The summed E-state index contributed by atoms with van der Waals surface area (Å²) < 4.78 is 16.6. The summed E-state index contributed by atoms with van der Waals surface area (Å²) in [7, 11) is -1.68. The van der Waals surface area contributed by atoms with E-state index in [1.807, 2.05) is 31.2 Å². The SMILES string of the molecule is CC1(C=C(C#N)C(=O)N2CCCC[C@@H]2COC(=O)NC(CB(O)O)c2occ3ccccc23)CCOCC1. The van der Waals surface area contributed by atoms with E-state index < -0.39 is 19.3 Å². The van der Waals surface area contributed by atoms with E-state index in [2.05, 4.69) is 11.4 Å². The quantitative estimate of drug-likeness (QED) is 0.272. The summed E-state index contributed by atoms with van der Waals surface area (Å²) in [5.41, 5.74) is -0.171. The van der Waals surface area contributed by atoms with Gasteiger partial charge in [0.05, 0.1) is 18.3 Å². The third kappa shape index (κ3) is 6.75. The Morgan fingerprint density at radius 2 is 2.08 bits per heavy atom. The van der Waals surface area contributed by atoms with E-state index in [1.54, 1.807) is 17.2 Å². The number of nitrogens with one attached hydrogen (secondary N) is 1. The van der Waals surface area contributed by atoms with Crippen molar-refractivity contribution < 1.29 is 33.5 Å². The molecule has 2 aliphatic rings. The molecule has 0 aliphatic carbocycles. The highest BCUT2D eigenvalue weighted by atomic mass is 16.5. The number of piperidine rings is 1. The molecule has 1 aromatic heterocycles. The van der Waals surface area contributed by atoms with Gasteiger partial charge in [-0.05, 0) is 37.5 Å². The van der Waals surface area contributed by atoms with Gasteiger partial charge >= 0.3 is 13.2 Å². The number of rotatable bonds is 8. The van der Waals surface area contributed by atoms with Crippen LogP contribution in [-0.2, 0) is 14.3 Å². The Kier molecular flexibility index (Phi) is 9.10. The van der Waals surface area contributed by atoms with Gasteiger partial charge in [-0.15, -0.1) is 0 Å². The van der Waals surface area contributed by atoms with E-state index in [0.29, 0.717) is 31.9 Å². The fourth-order valence-corrected chi connectivity index (χ4v) is 5.15. The van der Waals surface area contributed by atoms with E-state index in [1.165, 1.54) is 0 Å². The lowest BCUT2D eigenvalue weighted by Gasteiger charge is -2.36. The van der Waals surface area contributed by atoms with Gasteiger partial charge in [-0.25, -0.2) is 4.79 Å². The van der Waals surface area contributed by atoms with Gasteiger partial charge in [-0.2, -0.15) is 5.26 Å². The van der Waals surface area contributed by atoms with Crippen molar-refractivity contribution in [3.05, 3.63) is 47.9 Å². The summed E-state index contributed by atoms with van der Waals surface area (Å²) in [6.07, 6.45) is 6.17. The number of alkyl carbamates (subject to hydrolysis) is 1. The van der Waals surface area contributed by atoms with Crippen LogP contribution in [0.1, 0.15) is 50.8 Å². The zero-order valence-electron chi connectivity index (χ0n) is 21.6. The standard InChI is InChI=1S/C27H34BN3O7/c1-27(9-12-36-13-10-27)14-20(16-29)25(32)31-11-5-4-7-21(31)18-38-26(33)30-23(15-28(34)35)24-22-8-3-2-6-19(22)17-37-24/h2-3,6,8,14,17,21,23,34-35H,4-5,7,9-13,15,18H2,1H3,(H,30,33)/t21-,23?/m1/s1. The van der Waals surface area contributed by atoms with Crippen LogP contribution in [0.4, 0.5) is 4.79 Å². The molecular formula is C27H34BN3O7. The maximum absolute atomic E-state index is 13.4. The van der Waals surface area contributed by atoms with Crippen molar-refractivity contribution in [2.45, 2.75) is 57.4 Å². The molecule has 0 radical (unpaired) electrons. The molecule has 2 aromatic rings. The minimum atomic E-state index is -1.68. The molecule has 2 aliphatic heterocycles. The smallest absolute Gasteiger partial charge is 0.454 e. The van der Waals surface area contributed by atoms with Crippen LogP contribution < -0.4 is 5.32 Å². The van der Waals surface area contributed by atoms with Crippen LogP contribution in [-0.4, -0.2) is 66.5 Å². The molecule has 38 heavy (non-hydrogen) atoms. The molecule has 2 atom stereocenters. The number of carbonyl (C=O) groups excluding carboxylic acids is 2. The van der Waals surface area contributed by atoms with E-state index in [9.17, 15) is 24.9 Å². The zero-order valence-corrected chi connectivity index (χ0v) is 21.6. The molecule has 11 heteroatoms. The highest BCUT2D eigenvalue weighted by Crippen LogP contribution is 2.33. The molecule has 10 nitrogen and oxygen atoms in total. The molecule has 2 amide bonds. The predicted octanol–water partition coefficient (Wildman–Crippen LogP) is 3.32. The Labute approximate surface area is 222 Å². The first kappa shape index (κ1) is 27.7. The first-order valence-corrected chi connectivity index (χ1v) is 13.1. The average molecular weight is 523 g/mol. The molecule has 0 saturated carbocycles. The van der Waals surface area contributed by atoms with Gasteiger partial charge in [0.1, 0.15) is 24.0 Å². The van der Waals surface area contributed by atoms with Crippen molar-refractivity contribution in [2.75, 3.05) is 26.4 Å². The van der Waals surface area contributed by atoms with Gasteiger partial charge < -0.3 is 34.2 Å². The predicted molar refractivity (Wildman–Crippen MR) is 140 cm³/mol. The monoisotopic (exact) mass is 523 g/mol. The third-order valence-corrected chi connectivity index (χ3v) is 7.37. The molecule has 0 spiro atoms. The average Bonchev–Trinajstić information content (AvgIpc) is 3.34. The lowest BCUT2D eigenvalue weighted by atomic mass is 9.80. The fourth-order valence-electron chi connectivity index (χ4n) is 5.15. The summed E-state index contributed by atoms with van der Waals surface area (Å²) in [5.74, 6) is 0.0442. The van der Waals surface area contributed by atoms with E-state index in [0.717, 1.165) is 36.5 Å². The Morgan fingerprint density at radius 1 is 1.32 bits per heavy atom. The number of nitrogens with zero attached hydrogens (tertiary/aromatic N) is 2. The summed E-state index contributed by atoms with van der Waals surface area (Å²) in [6, 6.07) is 8.24. The molecule has 3 heterocycles. The van der Waals surface area contributed by atoms with Gasteiger partial charge in [-0.1, -0.05) is 37.3 Å². The number of fused-ring (bicyclic) bond motifs is 1. The van der Waals surface area contributed by atoms with Crippen LogP contribution in [0.2, 0.25) is 6.32 Å². The number of carbonyl (C=O) groups is 2. The highest BCUT2D eigenvalue weighted by Gasteiger charge is 2.33. The molecular weight excluding hydrogens is 489 g/mol. The Morgan fingerprint density at radius 3 is 2.82 bits per heavy atom. The molecule has 4 rings (SSSR count). The van der Waals surface area contributed by atoms with Crippen LogP contribution in [0, 0.1) is 16.7 Å². The molecule has 2 saturated heterocycles. The van der Waals surface area contributed by atoms with Gasteiger partial charge in [0.25, 0.3) is 5.91 Å². The van der Waals surface area contributed by atoms with Crippen LogP contribution in [0.3, 0.4) is 0 Å². The maximum Gasteiger partial charge on any atom is 0.454 e. The maximum atomic E-state index is 13.4. The largest absolute Gasteiger partial charge is 0.466 e. The number of nitriles is 1. The second-order valence-electron chi connectivity index (χ2n) is 10.3. The van der Waals surface area contributed by atoms with Gasteiger partial charge in [-0.3, -0.25) is 4.79 Å². The fraction of sp³-hybridized carbons (Fsp3) is 0.519. The van der Waals surface area contributed by atoms with Crippen molar-refractivity contribution in [1.29, 1.82) is 5.26 Å². The number of furan rings is 1. The Bertz CT molecular complexity index is 1200. The topological polar surface area (TPSA) is 145 Å². The van der Waals surface area contributed by atoms with Crippen molar-refractivity contribution >= 4 is 29.9 Å². The van der Waals surface area contributed by atoms with Crippen LogP contribution in [0.25, 0.3) is 10.8 Å². The Hall–Kier alpha value is -3.33. The summed E-state index contributed by atoms with van der Waals surface area (Å²) >= 11 is 0. The molecule has 202 valence electrons. The summed E-state index contributed by atoms with van der Waals surface area (Å²) in [6.45, 7) is 3.65. The highest BCUT2D eigenvalue weighted by molar-refractivity contribution is 6.41. The van der Waals surface area contributed by atoms with Crippen LogP contribution in [0.15, 0.2) is 46.6 Å². The van der Waals surface area contributed by atoms with Crippen molar-refractivity contribution in [1.82, 2.24) is 10.2 Å². The minimum Gasteiger partial charge on any atom is -0.466 e. The lowest BCUT2D eigenvalue weighted by Crippen LogP contribution is -2.47.